The van der Waals surface area contributed by atoms with Crippen LogP contribution in [0.2, 0.25) is 0 Å². The Hall–Kier alpha value is -0.940. The molecule has 4 N–H and O–H groups in total. The van der Waals surface area contributed by atoms with E-state index in [0.717, 1.165) is 5.56 Å². The first-order valence-electron chi connectivity index (χ1n) is 4.94. The maximum absolute atomic E-state index is 8.67. The summed E-state index contributed by atoms with van der Waals surface area (Å²) >= 11 is 0. The first-order valence-corrected chi connectivity index (χ1v) is 4.94. The smallest absolute Gasteiger partial charge is 0.276 e. The van der Waals surface area contributed by atoms with Crippen molar-refractivity contribution in [3.63, 3.8) is 0 Å². The van der Waals surface area contributed by atoms with Crippen LogP contribution in [0.5, 0.6) is 0 Å². The lowest BCUT2D eigenvalue weighted by Crippen LogP contribution is -2.33. The van der Waals surface area contributed by atoms with Crippen molar-refractivity contribution in [2.24, 2.45) is 0 Å². The lowest BCUT2D eigenvalue weighted by Gasteiger charge is -2.17. The SMILES string of the molecule is CC(NCCC(O)(O)O)c1ccccc1. The molecular formula is C11H17NO3. The summed E-state index contributed by atoms with van der Waals surface area (Å²) in [5.74, 6) is -2.58. The molecule has 0 aliphatic carbocycles. The maximum atomic E-state index is 8.67. The van der Waals surface area contributed by atoms with Crippen molar-refractivity contribution in [1.29, 1.82) is 0 Å². The summed E-state index contributed by atoms with van der Waals surface area (Å²) in [6, 6.07) is 9.93. The molecule has 0 radical (unpaired) electrons. The summed E-state index contributed by atoms with van der Waals surface area (Å²) in [7, 11) is 0. The highest BCUT2D eigenvalue weighted by Gasteiger charge is 2.17. The Labute approximate surface area is 89.2 Å². The third-order valence-corrected chi connectivity index (χ3v) is 2.21. The molecule has 0 aromatic heterocycles. The maximum Gasteiger partial charge on any atom is 0.276 e. The largest absolute Gasteiger partial charge is 0.344 e. The second kappa shape index (κ2) is 5.23. The standard InChI is InChI=1S/C11H17NO3/c1-9(10-5-3-2-4-6-10)12-8-7-11(13,14)15/h2-6,9,12-15H,7-8H2,1H3. The molecule has 84 valence electrons. The van der Waals surface area contributed by atoms with Gasteiger partial charge in [0.2, 0.25) is 0 Å². The highest BCUT2D eigenvalue weighted by Crippen LogP contribution is 2.11. The minimum atomic E-state index is -2.58. The van der Waals surface area contributed by atoms with Gasteiger partial charge in [0.05, 0.1) is 0 Å². The van der Waals surface area contributed by atoms with Crippen molar-refractivity contribution in [2.45, 2.75) is 25.4 Å². The molecular weight excluding hydrogens is 194 g/mol. The van der Waals surface area contributed by atoms with Gasteiger partial charge >= 0.3 is 0 Å². The van der Waals surface area contributed by atoms with Crippen molar-refractivity contribution in [2.75, 3.05) is 6.54 Å². The molecule has 1 unspecified atom stereocenters. The van der Waals surface area contributed by atoms with E-state index in [1.165, 1.54) is 0 Å². The van der Waals surface area contributed by atoms with Gasteiger partial charge in [-0.1, -0.05) is 30.3 Å². The van der Waals surface area contributed by atoms with Crippen LogP contribution in [0, 0.1) is 0 Å². The van der Waals surface area contributed by atoms with Crippen LogP contribution >= 0.6 is 0 Å². The summed E-state index contributed by atoms with van der Waals surface area (Å²) < 4.78 is 0. The molecule has 0 saturated heterocycles. The topological polar surface area (TPSA) is 72.7 Å². The number of hydrogen-bond acceptors (Lipinski definition) is 4. The van der Waals surface area contributed by atoms with Crippen LogP contribution in [0.4, 0.5) is 0 Å². The Morgan fingerprint density at radius 3 is 2.33 bits per heavy atom. The predicted octanol–water partition coefficient (Wildman–Crippen LogP) is 0.358. The fraction of sp³-hybridized carbons (Fsp3) is 0.455. The lowest BCUT2D eigenvalue weighted by molar-refractivity contribution is -0.313. The van der Waals surface area contributed by atoms with Crippen molar-refractivity contribution in [3.05, 3.63) is 35.9 Å². The van der Waals surface area contributed by atoms with Crippen LogP contribution in [-0.4, -0.2) is 27.8 Å². The molecule has 1 aromatic rings. The number of benzene rings is 1. The molecule has 0 bridgehead atoms. The molecule has 0 spiro atoms. The van der Waals surface area contributed by atoms with Gasteiger partial charge in [0.15, 0.2) is 0 Å². The van der Waals surface area contributed by atoms with Gasteiger partial charge in [-0.15, -0.1) is 0 Å². The van der Waals surface area contributed by atoms with Crippen LogP contribution in [-0.2, 0) is 0 Å². The van der Waals surface area contributed by atoms with E-state index in [1.54, 1.807) is 0 Å². The Bertz CT molecular complexity index is 282. The van der Waals surface area contributed by atoms with Gasteiger partial charge < -0.3 is 20.6 Å². The second-order valence-corrected chi connectivity index (χ2v) is 3.61. The molecule has 1 aromatic carbocycles. The number of nitrogens with one attached hydrogen (secondary N) is 1. The Morgan fingerprint density at radius 1 is 1.20 bits per heavy atom. The highest BCUT2D eigenvalue weighted by atomic mass is 16.7. The zero-order valence-electron chi connectivity index (χ0n) is 8.72. The normalized spacial score (nSPS) is 13.9. The molecule has 1 rings (SSSR count). The average molecular weight is 211 g/mol. The van der Waals surface area contributed by atoms with Gasteiger partial charge in [-0.3, -0.25) is 0 Å². The average Bonchev–Trinajstić information content (AvgIpc) is 2.17. The van der Waals surface area contributed by atoms with Crippen molar-refractivity contribution in [1.82, 2.24) is 5.32 Å². The summed E-state index contributed by atoms with van der Waals surface area (Å²) in [4.78, 5) is 0. The van der Waals surface area contributed by atoms with Crippen molar-refractivity contribution < 1.29 is 15.3 Å². The molecule has 0 fully saturated rings. The van der Waals surface area contributed by atoms with Crippen molar-refractivity contribution in [3.8, 4) is 0 Å². The minimum Gasteiger partial charge on any atom is -0.344 e. The minimum absolute atomic E-state index is 0.119. The number of hydrogen-bond donors (Lipinski definition) is 4. The summed E-state index contributed by atoms with van der Waals surface area (Å²) in [5.41, 5.74) is 1.12. The number of rotatable bonds is 5. The van der Waals surface area contributed by atoms with Crippen LogP contribution in [0.25, 0.3) is 0 Å². The number of aliphatic hydroxyl groups is 3. The van der Waals surface area contributed by atoms with E-state index in [1.807, 2.05) is 37.3 Å². The first kappa shape index (κ1) is 12.1. The molecule has 1 atom stereocenters. The van der Waals surface area contributed by atoms with E-state index in [9.17, 15) is 0 Å². The van der Waals surface area contributed by atoms with E-state index in [0.29, 0.717) is 6.54 Å². The Balaban J connectivity index is 2.34. The molecule has 0 aliphatic heterocycles. The molecule has 15 heavy (non-hydrogen) atoms. The zero-order chi connectivity index (χ0) is 11.3. The second-order valence-electron chi connectivity index (χ2n) is 3.61. The molecule has 4 nitrogen and oxygen atoms in total. The molecule has 0 saturated carbocycles. The third-order valence-electron chi connectivity index (χ3n) is 2.21. The van der Waals surface area contributed by atoms with Gasteiger partial charge in [-0.05, 0) is 12.5 Å². The van der Waals surface area contributed by atoms with E-state index in [4.69, 9.17) is 15.3 Å². The van der Waals surface area contributed by atoms with Gasteiger partial charge in [0.1, 0.15) is 0 Å². The third kappa shape index (κ3) is 4.90. The molecule has 4 heteroatoms. The summed E-state index contributed by atoms with van der Waals surface area (Å²) in [5, 5.41) is 29.1. The molecule has 0 amide bonds. The zero-order valence-corrected chi connectivity index (χ0v) is 8.72. The lowest BCUT2D eigenvalue weighted by atomic mass is 10.1. The van der Waals surface area contributed by atoms with Crippen molar-refractivity contribution >= 4 is 0 Å². The van der Waals surface area contributed by atoms with Gasteiger partial charge in [-0.25, -0.2) is 0 Å². The molecule has 0 heterocycles. The van der Waals surface area contributed by atoms with E-state index >= 15 is 0 Å². The quantitative estimate of drug-likeness (QED) is 0.531. The van der Waals surface area contributed by atoms with E-state index in [2.05, 4.69) is 5.32 Å². The van der Waals surface area contributed by atoms with Crippen LogP contribution < -0.4 is 5.32 Å². The van der Waals surface area contributed by atoms with Gasteiger partial charge in [0, 0.05) is 19.0 Å². The van der Waals surface area contributed by atoms with Crippen LogP contribution in [0.15, 0.2) is 30.3 Å². The van der Waals surface area contributed by atoms with Gasteiger partial charge in [-0.2, -0.15) is 0 Å². The Morgan fingerprint density at radius 2 is 1.80 bits per heavy atom. The predicted molar refractivity (Wildman–Crippen MR) is 56.9 cm³/mol. The highest BCUT2D eigenvalue weighted by molar-refractivity contribution is 5.17. The monoisotopic (exact) mass is 211 g/mol. The Kier molecular flexibility index (Phi) is 4.23. The summed E-state index contributed by atoms with van der Waals surface area (Å²) in [6.07, 6.45) is -0.121. The van der Waals surface area contributed by atoms with E-state index < -0.39 is 5.97 Å². The van der Waals surface area contributed by atoms with Crippen LogP contribution in [0.1, 0.15) is 24.9 Å². The fourth-order valence-corrected chi connectivity index (χ4v) is 1.32. The van der Waals surface area contributed by atoms with Crippen LogP contribution in [0.3, 0.4) is 0 Å². The summed E-state index contributed by atoms with van der Waals surface area (Å²) in [6.45, 7) is 2.31. The van der Waals surface area contributed by atoms with E-state index in [-0.39, 0.29) is 12.5 Å². The molecule has 0 aliphatic rings. The first-order chi connectivity index (χ1) is 6.99. The fourth-order valence-electron chi connectivity index (χ4n) is 1.32. The van der Waals surface area contributed by atoms with Gasteiger partial charge in [0.25, 0.3) is 5.97 Å².